The Balaban J connectivity index is 2.73. The van der Waals surface area contributed by atoms with Crippen LogP contribution in [0.25, 0.3) is 0 Å². The van der Waals surface area contributed by atoms with Gasteiger partial charge in [-0.25, -0.2) is 4.79 Å². The van der Waals surface area contributed by atoms with E-state index in [0.717, 1.165) is 4.47 Å². The maximum absolute atomic E-state index is 11.8. The minimum absolute atomic E-state index is 0.000552. The molecule has 2 amide bonds. The van der Waals surface area contributed by atoms with Crippen LogP contribution in [0, 0.1) is 16.7 Å². The number of aliphatic carboxylic acids is 1. The van der Waals surface area contributed by atoms with Gasteiger partial charge >= 0.3 is 12.0 Å². The van der Waals surface area contributed by atoms with Crippen LogP contribution < -0.4 is 10.6 Å². The maximum atomic E-state index is 11.8. The quantitative estimate of drug-likeness (QED) is 0.756. The van der Waals surface area contributed by atoms with Crippen LogP contribution in [-0.2, 0) is 4.79 Å². The van der Waals surface area contributed by atoms with Crippen LogP contribution in [0.15, 0.2) is 22.7 Å². The molecule has 0 heterocycles. The predicted molar refractivity (Wildman–Crippen MR) is 81.9 cm³/mol. The van der Waals surface area contributed by atoms with E-state index in [9.17, 15) is 9.59 Å². The van der Waals surface area contributed by atoms with Crippen molar-refractivity contribution in [2.24, 2.45) is 5.41 Å². The largest absolute Gasteiger partial charge is 0.481 e. The monoisotopic (exact) mass is 353 g/mol. The van der Waals surface area contributed by atoms with E-state index >= 15 is 0 Å². The number of urea groups is 1. The smallest absolute Gasteiger partial charge is 0.319 e. The summed E-state index contributed by atoms with van der Waals surface area (Å²) in [4.78, 5) is 23.0. The van der Waals surface area contributed by atoms with Crippen LogP contribution in [0.3, 0.4) is 0 Å². The van der Waals surface area contributed by atoms with Gasteiger partial charge in [0.15, 0.2) is 0 Å². The molecule has 0 aromatic heterocycles. The lowest BCUT2D eigenvalue weighted by Crippen LogP contribution is -2.42. The summed E-state index contributed by atoms with van der Waals surface area (Å²) in [6.07, 6.45) is 0.392. The summed E-state index contributed by atoms with van der Waals surface area (Å²) < 4.78 is 0.723. The molecule has 0 saturated heterocycles. The van der Waals surface area contributed by atoms with Gasteiger partial charge in [-0.1, -0.05) is 22.9 Å². The summed E-state index contributed by atoms with van der Waals surface area (Å²) >= 11 is 3.26. The summed E-state index contributed by atoms with van der Waals surface area (Å²) in [6, 6.07) is 6.30. The first kappa shape index (κ1) is 17.0. The van der Waals surface area contributed by atoms with Crippen LogP contribution in [0.4, 0.5) is 10.5 Å². The van der Waals surface area contributed by atoms with Gasteiger partial charge in [0, 0.05) is 11.0 Å². The minimum atomic E-state index is -1.02. The van der Waals surface area contributed by atoms with Crippen LogP contribution in [0.5, 0.6) is 0 Å². The number of hydrogen-bond donors (Lipinski definition) is 3. The van der Waals surface area contributed by atoms with Crippen molar-refractivity contribution < 1.29 is 14.7 Å². The molecule has 0 radical (unpaired) electrons. The second kappa shape index (κ2) is 7.09. The Bertz CT molecular complexity index is 598. The maximum Gasteiger partial charge on any atom is 0.319 e. The Morgan fingerprint density at radius 2 is 2.14 bits per heavy atom. The average molecular weight is 354 g/mol. The molecule has 1 aromatic carbocycles. The first-order valence-electron chi connectivity index (χ1n) is 6.30. The van der Waals surface area contributed by atoms with E-state index in [1.54, 1.807) is 32.0 Å². The lowest BCUT2D eigenvalue weighted by atomic mass is 9.88. The number of carbonyl (C=O) groups excluding carboxylic acids is 1. The first-order valence-corrected chi connectivity index (χ1v) is 7.09. The SMILES string of the molecule is CCC(C)(CNC(=O)Nc1cc(Br)ccc1C#N)C(=O)O. The van der Waals surface area contributed by atoms with Crippen LogP contribution in [0.1, 0.15) is 25.8 Å². The summed E-state index contributed by atoms with van der Waals surface area (Å²) in [7, 11) is 0. The van der Waals surface area contributed by atoms with Gasteiger partial charge in [0.2, 0.25) is 0 Å². The average Bonchev–Trinajstić information content (AvgIpc) is 2.44. The molecule has 0 spiro atoms. The molecule has 7 heteroatoms. The van der Waals surface area contributed by atoms with Gasteiger partial charge in [0.1, 0.15) is 6.07 Å². The van der Waals surface area contributed by atoms with Crippen molar-refractivity contribution in [2.45, 2.75) is 20.3 Å². The number of nitriles is 1. The van der Waals surface area contributed by atoms with Gasteiger partial charge in [-0.2, -0.15) is 5.26 Å². The van der Waals surface area contributed by atoms with Crippen molar-refractivity contribution in [1.82, 2.24) is 5.32 Å². The van der Waals surface area contributed by atoms with E-state index in [-0.39, 0.29) is 6.54 Å². The molecule has 1 atom stereocenters. The Hall–Kier alpha value is -2.07. The summed E-state index contributed by atoms with van der Waals surface area (Å²) in [5.41, 5.74) is -0.338. The number of nitrogens with zero attached hydrogens (tertiary/aromatic N) is 1. The number of anilines is 1. The molecule has 0 aliphatic carbocycles. The van der Waals surface area contributed by atoms with E-state index in [2.05, 4.69) is 26.6 Å². The Morgan fingerprint density at radius 1 is 1.48 bits per heavy atom. The van der Waals surface area contributed by atoms with Crippen LogP contribution in [0.2, 0.25) is 0 Å². The van der Waals surface area contributed by atoms with E-state index in [1.165, 1.54) is 0 Å². The zero-order chi connectivity index (χ0) is 16.0. The fourth-order valence-corrected chi connectivity index (χ4v) is 1.87. The van der Waals surface area contributed by atoms with Crippen molar-refractivity contribution in [1.29, 1.82) is 5.26 Å². The molecule has 112 valence electrons. The number of rotatable bonds is 5. The van der Waals surface area contributed by atoms with Crippen LogP contribution in [-0.4, -0.2) is 23.7 Å². The molecular formula is C14H16BrN3O3. The topological polar surface area (TPSA) is 102 Å². The van der Waals surface area contributed by atoms with Gasteiger partial charge in [-0.05, 0) is 31.5 Å². The number of carboxylic acid groups (broad SMARTS) is 1. The number of benzene rings is 1. The molecule has 1 aromatic rings. The van der Waals surface area contributed by atoms with Gasteiger partial charge in [-0.3, -0.25) is 4.79 Å². The van der Waals surface area contributed by atoms with Gasteiger partial charge < -0.3 is 15.7 Å². The zero-order valence-electron chi connectivity index (χ0n) is 11.7. The third-order valence-corrected chi connectivity index (χ3v) is 3.78. The molecule has 6 nitrogen and oxygen atoms in total. The molecule has 0 saturated carbocycles. The Morgan fingerprint density at radius 3 is 2.67 bits per heavy atom. The fraction of sp³-hybridized carbons (Fsp3) is 0.357. The fourth-order valence-electron chi connectivity index (χ4n) is 1.51. The molecule has 1 rings (SSSR count). The molecule has 0 fully saturated rings. The summed E-state index contributed by atoms with van der Waals surface area (Å²) in [5.74, 6) is -0.967. The summed E-state index contributed by atoms with van der Waals surface area (Å²) in [5, 5.41) is 23.2. The Labute approximate surface area is 131 Å². The highest BCUT2D eigenvalue weighted by Gasteiger charge is 2.31. The summed E-state index contributed by atoms with van der Waals surface area (Å²) in [6.45, 7) is 3.31. The lowest BCUT2D eigenvalue weighted by Gasteiger charge is -2.23. The number of amides is 2. The van der Waals surface area contributed by atoms with Gasteiger partial charge in [-0.15, -0.1) is 0 Å². The molecule has 21 heavy (non-hydrogen) atoms. The van der Waals surface area contributed by atoms with Crippen molar-refractivity contribution in [3.8, 4) is 6.07 Å². The normalized spacial score (nSPS) is 12.9. The standard InChI is InChI=1S/C14H16BrN3O3/c1-3-14(2,12(19)20)8-17-13(21)18-11-6-10(15)5-4-9(11)7-16/h4-6H,3,8H2,1-2H3,(H,19,20)(H2,17,18,21). The Kier molecular flexibility index (Phi) is 5.73. The molecule has 3 N–H and O–H groups in total. The van der Waals surface area contributed by atoms with E-state index < -0.39 is 17.4 Å². The molecule has 1 unspecified atom stereocenters. The predicted octanol–water partition coefficient (Wildman–Crippen LogP) is 2.94. The third-order valence-electron chi connectivity index (χ3n) is 3.29. The second-order valence-electron chi connectivity index (χ2n) is 4.83. The number of halogens is 1. The van der Waals surface area contributed by atoms with Crippen molar-refractivity contribution in [3.05, 3.63) is 28.2 Å². The third kappa shape index (κ3) is 4.46. The van der Waals surface area contributed by atoms with E-state index in [0.29, 0.717) is 17.7 Å². The number of carbonyl (C=O) groups is 2. The van der Waals surface area contributed by atoms with Gasteiger partial charge in [0.05, 0.1) is 16.7 Å². The molecule has 0 aliphatic heterocycles. The first-order chi connectivity index (χ1) is 9.82. The molecule has 0 bridgehead atoms. The van der Waals surface area contributed by atoms with Crippen molar-refractivity contribution in [3.63, 3.8) is 0 Å². The van der Waals surface area contributed by atoms with Crippen LogP contribution >= 0.6 is 15.9 Å². The highest BCUT2D eigenvalue weighted by Crippen LogP contribution is 2.22. The lowest BCUT2D eigenvalue weighted by molar-refractivity contribution is -0.147. The molecule has 0 aliphatic rings. The number of nitrogens with one attached hydrogen (secondary N) is 2. The van der Waals surface area contributed by atoms with E-state index in [1.807, 2.05) is 6.07 Å². The highest BCUT2D eigenvalue weighted by atomic mass is 79.9. The van der Waals surface area contributed by atoms with Crippen molar-refractivity contribution >= 4 is 33.6 Å². The number of carboxylic acids is 1. The minimum Gasteiger partial charge on any atom is -0.481 e. The highest BCUT2D eigenvalue weighted by molar-refractivity contribution is 9.10. The van der Waals surface area contributed by atoms with E-state index in [4.69, 9.17) is 10.4 Å². The zero-order valence-corrected chi connectivity index (χ0v) is 13.3. The molecular weight excluding hydrogens is 338 g/mol. The number of hydrogen-bond acceptors (Lipinski definition) is 3. The van der Waals surface area contributed by atoms with Crippen molar-refractivity contribution in [2.75, 3.05) is 11.9 Å². The van der Waals surface area contributed by atoms with Gasteiger partial charge in [0.25, 0.3) is 0 Å². The second-order valence-corrected chi connectivity index (χ2v) is 5.74.